The third-order valence-electron chi connectivity index (χ3n) is 3.63. The minimum Gasteiger partial charge on any atom is -0.481 e. The van der Waals surface area contributed by atoms with Gasteiger partial charge in [-0.3, -0.25) is 0 Å². The highest BCUT2D eigenvalue weighted by Gasteiger charge is 2.36. The normalized spacial score (nSPS) is 28.2. The molecular weight excluding hydrogens is 202 g/mol. The predicted molar refractivity (Wildman–Crippen MR) is 62.9 cm³/mol. The van der Waals surface area contributed by atoms with Gasteiger partial charge >= 0.3 is 0 Å². The van der Waals surface area contributed by atoms with Crippen molar-refractivity contribution in [1.29, 1.82) is 0 Å². The van der Waals surface area contributed by atoms with Gasteiger partial charge in [0.05, 0.1) is 7.11 Å². The van der Waals surface area contributed by atoms with Crippen LogP contribution < -0.4 is 15.0 Å². The summed E-state index contributed by atoms with van der Waals surface area (Å²) in [5.41, 5.74) is 0. The number of hydrogen-bond donors (Lipinski definition) is 1. The second-order valence-electron chi connectivity index (χ2n) is 4.62. The number of ether oxygens (including phenoxy) is 1. The van der Waals surface area contributed by atoms with Gasteiger partial charge in [-0.15, -0.1) is 0 Å². The Balaban J connectivity index is 1.78. The van der Waals surface area contributed by atoms with Crippen LogP contribution in [0, 0.1) is 11.8 Å². The van der Waals surface area contributed by atoms with Crippen molar-refractivity contribution in [3.8, 4) is 5.88 Å². The first kappa shape index (κ1) is 9.90. The van der Waals surface area contributed by atoms with Crippen molar-refractivity contribution in [1.82, 2.24) is 10.3 Å². The zero-order valence-corrected chi connectivity index (χ0v) is 9.52. The first-order valence-corrected chi connectivity index (χ1v) is 5.83. The van der Waals surface area contributed by atoms with E-state index in [1.807, 2.05) is 12.1 Å². The zero-order chi connectivity index (χ0) is 11.0. The largest absolute Gasteiger partial charge is 0.481 e. The first-order valence-electron chi connectivity index (χ1n) is 5.83. The summed E-state index contributed by atoms with van der Waals surface area (Å²) >= 11 is 0. The standard InChI is InChI=1S/C12H17N3O/c1-16-12-4-2-3-11(14-12)15-7-9-5-13-6-10(9)8-15/h2-4,9-10,13H,5-8H2,1H3. The number of methoxy groups -OCH3 is 1. The van der Waals surface area contributed by atoms with Crippen molar-refractivity contribution >= 4 is 5.82 Å². The Kier molecular flexibility index (Phi) is 2.44. The molecule has 0 aromatic carbocycles. The molecule has 0 bridgehead atoms. The Morgan fingerprint density at radius 1 is 1.31 bits per heavy atom. The Labute approximate surface area is 95.6 Å². The summed E-state index contributed by atoms with van der Waals surface area (Å²) < 4.78 is 5.16. The van der Waals surface area contributed by atoms with Gasteiger partial charge in [0.1, 0.15) is 5.82 Å². The van der Waals surface area contributed by atoms with Crippen LogP contribution in [-0.4, -0.2) is 38.3 Å². The number of pyridine rings is 1. The van der Waals surface area contributed by atoms with Crippen LogP contribution >= 0.6 is 0 Å². The minimum absolute atomic E-state index is 0.702. The van der Waals surface area contributed by atoms with E-state index in [0.717, 1.165) is 43.8 Å². The maximum Gasteiger partial charge on any atom is 0.214 e. The second kappa shape index (κ2) is 3.94. The number of nitrogens with zero attached hydrogens (tertiary/aromatic N) is 2. The van der Waals surface area contributed by atoms with Gasteiger partial charge in [0.15, 0.2) is 0 Å². The SMILES string of the molecule is COc1cccc(N2CC3CNCC3C2)n1. The van der Waals surface area contributed by atoms with E-state index >= 15 is 0 Å². The van der Waals surface area contributed by atoms with Crippen LogP contribution in [0.4, 0.5) is 5.82 Å². The summed E-state index contributed by atoms with van der Waals surface area (Å²) in [5.74, 6) is 3.35. The highest BCUT2D eigenvalue weighted by atomic mass is 16.5. The van der Waals surface area contributed by atoms with E-state index in [2.05, 4.69) is 21.3 Å². The zero-order valence-electron chi connectivity index (χ0n) is 9.52. The van der Waals surface area contributed by atoms with Crippen LogP contribution in [0.1, 0.15) is 0 Å². The first-order chi connectivity index (χ1) is 7.86. The van der Waals surface area contributed by atoms with Crippen LogP contribution in [0.2, 0.25) is 0 Å². The Morgan fingerprint density at radius 2 is 2.06 bits per heavy atom. The van der Waals surface area contributed by atoms with Crippen molar-refractivity contribution in [2.75, 3.05) is 38.2 Å². The average molecular weight is 219 g/mol. The fraction of sp³-hybridized carbons (Fsp3) is 0.583. The number of aromatic nitrogens is 1. The summed E-state index contributed by atoms with van der Waals surface area (Å²) in [4.78, 5) is 6.86. The predicted octanol–water partition coefficient (Wildman–Crippen LogP) is 0.746. The maximum absolute atomic E-state index is 5.16. The third-order valence-corrected chi connectivity index (χ3v) is 3.63. The van der Waals surface area contributed by atoms with Gasteiger partial charge in [-0.1, -0.05) is 6.07 Å². The highest BCUT2D eigenvalue weighted by molar-refractivity contribution is 5.42. The van der Waals surface area contributed by atoms with Crippen molar-refractivity contribution in [2.45, 2.75) is 0 Å². The van der Waals surface area contributed by atoms with E-state index in [9.17, 15) is 0 Å². The molecule has 2 unspecified atom stereocenters. The summed E-state index contributed by atoms with van der Waals surface area (Å²) in [6.45, 7) is 4.56. The molecule has 2 saturated heterocycles. The topological polar surface area (TPSA) is 37.4 Å². The van der Waals surface area contributed by atoms with Gasteiger partial charge in [-0.25, -0.2) is 0 Å². The molecule has 2 aliphatic rings. The second-order valence-corrected chi connectivity index (χ2v) is 4.62. The van der Waals surface area contributed by atoms with E-state index in [4.69, 9.17) is 4.74 Å². The van der Waals surface area contributed by atoms with Gasteiger partial charge in [0.2, 0.25) is 5.88 Å². The minimum atomic E-state index is 0.702. The van der Waals surface area contributed by atoms with E-state index in [0.29, 0.717) is 5.88 Å². The number of nitrogens with one attached hydrogen (secondary N) is 1. The number of anilines is 1. The fourth-order valence-electron chi connectivity index (χ4n) is 2.74. The van der Waals surface area contributed by atoms with E-state index in [-0.39, 0.29) is 0 Å². The third kappa shape index (κ3) is 1.63. The molecule has 1 N–H and O–H groups in total. The van der Waals surface area contributed by atoms with Crippen molar-refractivity contribution in [2.24, 2.45) is 11.8 Å². The van der Waals surface area contributed by atoms with E-state index in [1.165, 1.54) is 0 Å². The molecule has 0 spiro atoms. The highest BCUT2D eigenvalue weighted by Crippen LogP contribution is 2.29. The van der Waals surface area contributed by atoms with Gasteiger partial charge < -0.3 is 15.0 Å². The molecular formula is C12H17N3O. The number of rotatable bonds is 2. The maximum atomic E-state index is 5.16. The monoisotopic (exact) mass is 219 g/mol. The fourth-order valence-corrected chi connectivity index (χ4v) is 2.74. The van der Waals surface area contributed by atoms with E-state index < -0.39 is 0 Å². The van der Waals surface area contributed by atoms with Crippen molar-refractivity contribution in [3.05, 3.63) is 18.2 Å². The van der Waals surface area contributed by atoms with Gasteiger partial charge in [0, 0.05) is 32.2 Å². The smallest absolute Gasteiger partial charge is 0.214 e. The molecule has 86 valence electrons. The number of fused-ring (bicyclic) bond motifs is 1. The Hall–Kier alpha value is -1.29. The molecule has 2 aliphatic heterocycles. The molecule has 3 rings (SSSR count). The van der Waals surface area contributed by atoms with Crippen LogP contribution in [-0.2, 0) is 0 Å². The van der Waals surface area contributed by atoms with Gasteiger partial charge in [-0.05, 0) is 17.9 Å². The van der Waals surface area contributed by atoms with Crippen LogP contribution in [0.25, 0.3) is 0 Å². The number of hydrogen-bond acceptors (Lipinski definition) is 4. The van der Waals surface area contributed by atoms with Gasteiger partial charge in [-0.2, -0.15) is 4.98 Å². The lowest BCUT2D eigenvalue weighted by Crippen LogP contribution is -2.26. The molecule has 0 saturated carbocycles. The molecule has 2 atom stereocenters. The van der Waals surface area contributed by atoms with Crippen molar-refractivity contribution in [3.63, 3.8) is 0 Å². The Morgan fingerprint density at radius 3 is 2.75 bits per heavy atom. The lowest BCUT2D eigenvalue weighted by Gasteiger charge is -2.18. The molecule has 4 nitrogen and oxygen atoms in total. The van der Waals surface area contributed by atoms with Crippen LogP contribution in [0.15, 0.2) is 18.2 Å². The lowest BCUT2D eigenvalue weighted by atomic mass is 10.0. The lowest BCUT2D eigenvalue weighted by molar-refractivity contribution is 0.398. The molecule has 3 heterocycles. The molecule has 16 heavy (non-hydrogen) atoms. The molecule has 1 aromatic heterocycles. The van der Waals surface area contributed by atoms with Crippen LogP contribution in [0.5, 0.6) is 5.88 Å². The molecule has 2 fully saturated rings. The molecule has 0 aliphatic carbocycles. The molecule has 4 heteroatoms. The molecule has 0 radical (unpaired) electrons. The van der Waals surface area contributed by atoms with Crippen LogP contribution in [0.3, 0.4) is 0 Å². The average Bonchev–Trinajstić information content (AvgIpc) is 2.89. The summed E-state index contributed by atoms with van der Waals surface area (Å²) in [6, 6.07) is 5.96. The summed E-state index contributed by atoms with van der Waals surface area (Å²) in [5, 5.41) is 3.45. The summed E-state index contributed by atoms with van der Waals surface area (Å²) in [6.07, 6.45) is 0. The van der Waals surface area contributed by atoms with Gasteiger partial charge in [0.25, 0.3) is 0 Å². The molecule has 0 amide bonds. The Bertz CT molecular complexity index is 370. The molecule has 1 aromatic rings. The van der Waals surface area contributed by atoms with Crippen molar-refractivity contribution < 1.29 is 4.74 Å². The van der Waals surface area contributed by atoms with E-state index in [1.54, 1.807) is 7.11 Å². The summed E-state index contributed by atoms with van der Waals surface area (Å²) in [7, 11) is 1.66. The quantitative estimate of drug-likeness (QED) is 0.796.